The Labute approximate surface area is 143 Å². The Morgan fingerprint density at radius 2 is 1.75 bits per heavy atom. The van der Waals surface area contributed by atoms with Crippen molar-refractivity contribution in [3.8, 4) is 5.75 Å². The van der Waals surface area contributed by atoms with Crippen LogP contribution in [0.1, 0.15) is 50.5 Å². The molecule has 0 aromatic heterocycles. The smallest absolute Gasteiger partial charge is 0.246 e. The fraction of sp³-hybridized carbons (Fsp3) is 0.600. The van der Waals surface area contributed by atoms with Gasteiger partial charge in [-0.25, -0.2) is 5.43 Å². The molecule has 4 bridgehead atoms. The van der Waals surface area contributed by atoms with E-state index in [4.69, 9.17) is 4.74 Å². The first kappa shape index (κ1) is 15.7. The summed E-state index contributed by atoms with van der Waals surface area (Å²) >= 11 is 0. The molecule has 5 rings (SSSR count). The number of methoxy groups -OCH3 is 1. The molecule has 128 valence electrons. The van der Waals surface area contributed by atoms with Crippen molar-refractivity contribution in [1.29, 1.82) is 0 Å². The molecule has 4 saturated carbocycles. The van der Waals surface area contributed by atoms with E-state index in [0.29, 0.717) is 0 Å². The van der Waals surface area contributed by atoms with Crippen molar-refractivity contribution in [3.05, 3.63) is 29.8 Å². The second kappa shape index (κ2) is 6.23. The van der Waals surface area contributed by atoms with E-state index in [9.17, 15) is 4.79 Å². The maximum Gasteiger partial charge on any atom is 0.246 e. The van der Waals surface area contributed by atoms with Crippen LogP contribution in [0.3, 0.4) is 0 Å². The third-order valence-electron chi connectivity index (χ3n) is 6.33. The van der Waals surface area contributed by atoms with E-state index < -0.39 is 0 Å². The lowest BCUT2D eigenvalue weighted by atomic mass is 9.58. The van der Waals surface area contributed by atoms with E-state index in [1.54, 1.807) is 13.3 Å². The number of rotatable bonds is 4. The zero-order valence-electron chi connectivity index (χ0n) is 14.3. The Balaban J connectivity index is 1.43. The predicted molar refractivity (Wildman–Crippen MR) is 94.0 cm³/mol. The van der Waals surface area contributed by atoms with Gasteiger partial charge in [-0.3, -0.25) is 4.79 Å². The first-order valence-corrected chi connectivity index (χ1v) is 9.14. The number of carbonyl (C=O) groups excluding carboxylic acids is 1. The van der Waals surface area contributed by atoms with Crippen LogP contribution < -0.4 is 10.2 Å². The Hall–Kier alpha value is -1.84. The normalized spacial score (nSPS) is 34.3. The van der Waals surface area contributed by atoms with E-state index in [-0.39, 0.29) is 11.3 Å². The first-order valence-electron chi connectivity index (χ1n) is 9.14. The Morgan fingerprint density at radius 1 is 1.12 bits per heavy atom. The third-order valence-corrected chi connectivity index (χ3v) is 6.33. The molecule has 2 atom stereocenters. The maximum absolute atomic E-state index is 12.9. The van der Waals surface area contributed by atoms with Gasteiger partial charge in [0.25, 0.3) is 0 Å². The molecule has 24 heavy (non-hydrogen) atoms. The lowest BCUT2D eigenvalue weighted by Gasteiger charge is -2.46. The highest BCUT2D eigenvalue weighted by Gasteiger charge is 2.52. The molecule has 4 heteroatoms. The molecule has 1 aromatic rings. The summed E-state index contributed by atoms with van der Waals surface area (Å²) in [5.74, 6) is 3.25. The monoisotopic (exact) mass is 326 g/mol. The van der Waals surface area contributed by atoms with Crippen molar-refractivity contribution >= 4 is 12.1 Å². The van der Waals surface area contributed by atoms with E-state index in [2.05, 4.69) is 10.5 Å². The minimum Gasteiger partial charge on any atom is -0.497 e. The van der Waals surface area contributed by atoms with Gasteiger partial charge >= 0.3 is 0 Å². The Kier molecular flexibility index (Phi) is 4.07. The highest BCUT2D eigenvalue weighted by Crippen LogP contribution is 2.57. The van der Waals surface area contributed by atoms with Crippen LogP contribution in [0.5, 0.6) is 5.75 Å². The second-order valence-electron chi connectivity index (χ2n) is 8.01. The number of hydrogen-bond acceptors (Lipinski definition) is 3. The molecule has 4 aliphatic carbocycles. The largest absolute Gasteiger partial charge is 0.497 e. The van der Waals surface area contributed by atoms with E-state index >= 15 is 0 Å². The summed E-state index contributed by atoms with van der Waals surface area (Å²) in [6, 6.07) is 7.66. The van der Waals surface area contributed by atoms with Gasteiger partial charge in [0.1, 0.15) is 5.75 Å². The molecule has 2 unspecified atom stereocenters. The molecule has 0 spiro atoms. The number of benzene rings is 1. The molecule has 1 amide bonds. The highest BCUT2D eigenvalue weighted by atomic mass is 16.5. The van der Waals surface area contributed by atoms with Crippen LogP contribution in [-0.4, -0.2) is 19.2 Å². The zero-order valence-corrected chi connectivity index (χ0v) is 14.3. The van der Waals surface area contributed by atoms with Crippen molar-refractivity contribution in [2.45, 2.75) is 44.9 Å². The second-order valence-corrected chi connectivity index (χ2v) is 8.01. The molecule has 0 saturated heterocycles. The van der Waals surface area contributed by atoms with Crippen LogP contribution in [0.25, 0.3) is 0 Å². The number of fused-ring (bicyclic) bond motifs is 1. The molecule has 0 heterocycles. The predicted octanol–water partition coefficient (Wildman–Crippen LogP) is 3.75. The fourth-order valence-electron chi connectivity index (χ4n) is 5.44. The van der Waals surface area contributed by atoms with Crippen molar-refractivity contribution in [2.75, 3.05) is 7.11 Å². The standard InChI is InChI=1S/C20H26N2O2/c1-24-18-6-4-14(5-7-18)13-21-22-19(23)20-10-15-2-3-16(11-20)9-17(8-15)12-20/h4-7,13,15-17H,2-3,8-12H2,1H3,(H,22,23)/b21-13+. The van der Waals surface area contributed by atoms with E-state index in [1.165, 1.54) is 25.7 Å². The van der Waals surface area contributed by atoms with Gasteiger partial charge in [0.15, 0.2) is 0 Å². The lowest BCUT2D eigenvalue weighted by Crippen LogP contribution is -2.47. The number of hydrogen-bond donors (Lipinski definition) is 1. The Morgan fingerprint density at radius 3 is 2.38 bits per heavy atom. The van der Waals surface area contributed by atoms with Gasteiger partial charge in [-0.1, -0.05) is 12.8 Å². The van der Waals surface area contributed by atoms with Crippen LogP contribution in [0.15, 0.2) is 29.4 Å². The average Bonchev–Trinajstić information content (AvgIpc) is 2.81. The van der Waals surface area contributed by atoms with Crippen LogP contribution >= 0.6 is 0 Å². The summed E-state index contributed by atoms with van der Waals surface area (Å²) in [4.78, 5) is 12.9. The van der Waals surface area contributed by atoms with Crippen LogP contribution in [-0.2, 0) is 4.79 Å². The highest BCUT2D eigenvalue weighted by molar-refractivity contribution is 5.85. The topological polar surface area (TPSA) is 50.7 Å². The van der Waals surface area contributed by atoms with Gasteiger partial charge in [-0.05, 0) is 79.7 Å². The van der Waals surface area contributed by atoms with Gasteiger partial charge in [0.2, 0.25) is 5.91 Å². The number of amides is 1. The summed E-state index contributed by atoms with van der Waals surface area (Å²) in [7, 11) is 1.65. The number of nitrogens with zero attached hydrogens (tertiary/aromatic N) is 1. The Bertz CT molecular complexity index is 622. The first-order chi connectivity index (χ1) is 11.7. The molecule has 4 aliphatic rings. The van der Waals surface area contributed by atoms with Crippen molar-refractivity contribution in [2.24, 2.45) is 28.3 Å². The van der Waals surface area contributed by atoms with Gasteiger partial charge in [0.05, 0.1) is 18.7 Å². The van der Waals surface area contributed by atoms with Gasteiger partial charge < -0.3 is 4.74 Å². The van der Waals surface area contributed by atoms with Crippen LogP contribution in [0.4, 0.5) is 0 Å². The van der Waals surface area contributed by atoms with Crippen molar-refractivity contribution in [1.82, 2.24) is 5.43 Å². The summed E-state index contributed by atoms with van der Waals surface area (Å²) < 4.78 is 5.15. The fourth-order valence-corrected chi connectivity index (χ4v) is 5.44. The van der Waals surface area contributed by atoms with Gasteiger partial charge in [0, 0.05) is 0 Å². The van der Waals surface area contributed by atoms with Crippen LogP contribution in [0, 0.1) is 23.2 Å². The average molecular weight is 326 g/mol. The summed E-state index contributed by atoms with van der Waals surface area (Å²) in [6.45, 7) is 0. The minimum atomic E-state index is -0.149. The quantitative estimate of drug-likeness (QED) is 0.677. The van der Waals surface area contributed by atoms with Gasteiger partial charge in [-0.2, -0.15) is 5.10 Å². The molecule has 4 nitrogen and oxygen atoms in total. The van der Waals surface area contributed by atoms with Crippen LogP contribution in [0.2, 0.25) is 0 Å². The molecule has 1 N–H and O–H groups in total. The minimum absolute atomic E-state index is 0.147. The van der Waals surface area contributed by atoms with Crippen molar-refractivity contribution < 1.29 is 9.53 Å². The molecule has 0 radical (unpaired) electrons. The molecule has 4 fully saturated rings. The number of ether oxygens (including phenoxy) is 1. The SMILES string of the molecule is COc1ccc(/C=N/NC(=O)C23CC4CCC(CC(C4)C2)C3)cc1. The molecular weight excluding hydrogens is 300 g/mol. The zero-order chi connectivity index (χ0) is 16.6. The maximum atomic E-state index is 12.9. The lowest BCUT2D eigenvalue weighted by molar-refractivity contribution is -0.138. The number of hydrazone groups is 1. The number of nitrogens with one attached hydrogen (secondary N) is 1. The molecule has 1 aromatic carbocycles. The number of carbonyl (C=O) groups is 1. The third kappa shape index (κ3) is 2.94. The summed E-state index contributed by atoms with van der Waals surface area (Å²) in [6.07, 6.45) is 10.3. The molecular formula is C20H26N2O2. The van der Waals surface area contributed by atoms with Crippen molar-refractivity contribution in [3.63, 3.8) is 0 Å². The summed E-state index contributed by atoms with van der Waals surface area (Å²) in [5.41, 5.74) is 3.65. The molecule has 0 aliphatic heterocycles. The van der Waals surface area contributed by atoms with E-state index in [1.807, 2.05) is 24.3 Å². The van der Waals surface area contributed by atoms with E-state index in [0.717, 1.165) is 48.3 Å². The van der Waals surface area contributed by atoms with Gasteiger partial charge in [-0.15, -0.1) is 0 Å². The summed E-state index contributed by atoms with van der Waals surface area (Å²) in [5, 5.41) is 4.22.